The second-order valence-corrected chi connectivity index (χ2v) is 10.4. The number of aliphatic carboxylic acids is 1. The van der Waals surface area contributed by atoms with Crippen LogP contribution in [0.2, 0.25) is 0 Å². The number of benzene rings is 2. The number of hydrazone groups is 1. The molecule has 4 amide bonds. The standard InChI is InChI=1S/C25H25N5O5S/c1-16-14-29(24(35)30(16)26-13-18-10-6-3-7-11-18)25(23(33)34)15-28-21(32)20(22(28)36-25)27-19(31)12-17-8-4-2-5-9-17/h2-11,13,16,20,22H,12,14-15H2,1H3,(H,27,31)(H,33,34)/b26-13+/t16-,20-,22-,25-/m1/s1. The molecule has 3 heterocycles. The van der Waals surface area contributed by atoms with Crippen LogP contribution in [0.15, 0.2) is 65.8 Å². The topological polar surface area (TPSA) is 123 Å². The highest BCUT2D eigenvalue weighted by atomic mass is 32.2. The number of carbonyl (C=O) groups is 4. The van der Waals surface area contributed by atoms with Crippen LogP contribution < -0.4 is 5.32 Å². The summed E-state index contributed by atoms with van der Waals surface area (Å²) in [4.78, 5) is 52.2. The van der Waals surface area contributed by atoms with E-state index in [1.165, 1.54) is 14.8 Å². The summed E-state index contributed by atoms with van der Waals surface area (Å²) in [6.45, 7) is 1.78. The molecule has 2 aromatic rings. The van der Waals surface area contributed by atoms with Gasteiger partial charge in [-0.3, -0.25) is 14.5 Å². The van der Waals surface area contributed by atoms with E-state index in [0.29, 0.717) is 0 Å². The fraction of sp³-hybridized carbons (Fsp3) is 0.320. The molecular formula is C25H25N5O5S. The van der Waals surface area contributed by atoms with Gasteiger partial charge in [0.2, 0.25) is 16.7 Å². The molecular weight excluding hydrogens is 482 g/mol. The lowest BCUT2D eigenvalue weighted by Crippen LogP contribution is -2.67. The molecule has 0 aliphatic carbocycles. The van der Waals surface area contributed by atoms with Gasteiger partial charge in [-0.1, -0.05) is 72.4 Å². The molecule has 3 aliphatic rings. The van der Waals surface area contributed by atoms with Crippen LogP contribution in [0.4, 0.5) is 4.79 Å². The zero-order chi connectivity index (χ0) is 25.4. The molecule has 0 bridgehead atoms. The van der Waals surface area contributed by atoms with Gasteiger partial charge < -0.3 is 15.3 Å². The molecule has 4 atom stereocenters. The van der Waals surface area contributed by atoms with E-state index in [2.05, 4.69) is 10.4 Å². The molecule has 0 spiro atoms. The van der Waals surface area contributed by atoms with E-state index in [0.717, 1.165) is 22.9 Å². The molecule has 0 unspecified atom stereocenters. The Morgan fingerprint density at radius 3 is 2.47 bits per heavy atom. The lowest BCUT2D eigenvalue weighted by molar-refractivity contribution is -0.151. The molecule has 2 aromatic carbocycles. The van der Waals surface area contributed by atoms with Gasteiger partial charge in [-0.25, -0.2) is 14.6 Å². The van der Waals surface area contributed by atoms with Crippen molar-refractivity contribution in [2.75, 3.05) is 13.1 Å². The van der Waals surface area contributed by atoms with Gasteiger partial charge in [-0.05, 0) is 18.1 Å². The van der Waals surface area contributed by atoms with Gasteiger partial charge >= 0.3 is 12.0 Å². The summed E-state index contributed by atoms with van der Waals surface area (Å²) in [6.07, 6.45) is 1.67. The van der Waals surface area contributed by atoms with Crippen LogP contribution in [0.25, 0.3) is 0 Å². The molecule has 10 nitrogen and oxygen atoms in total. The normalized spacial score (nSPS) is 27.4. The molecule has 0 radical (unpaired) electrons. The van der Waals surface area contributed by atoms with Gasteiger partial charge in [-0.15, -0.1) is 0 Å². The Hall–Kier alpha value is -3.86. The first-order chi connectivity index (χ1) is 17.3. The highest BCUT2D eigenvalue weighted by Gasteiger charge is 2.66. The number of hydrogen-bond acceptors (Lipinski definition) is 6. The number of nitrogens with one attached hydrogen (secondary N) is 1. The third-order valence-corrected chi connectivity index (χ3v) is 8.24. The van der Waals surface area contributed by atoms with Crippen LogP contribution in [-0.2, 0) is 20.8 Å². The number of hydrogen-bond donors (Lipinski definition) is 2. The third kappa shape index (κ3) is 4.09. The first kappa shape index (κ1) is 23.9. The number of carbonyl (C=O) groups excluding carboxylic acids is 3. The Labute approximate surface area is 211 Å². The molecule has 3 saturated heterocycles. The van der Waals surface area contributed by atoms with Gasteiger partial charge in [0, 0.05) is 6.54 Å². The highest BCUT2D eigenvalue weighted by molar-refractivity contribution is 8.02. The summed E-state index contributed by atoms with van der Waals surface area (Å²) in [5, 5.41) is 18.0. The van der Waals surface area contributed by atoms with Crippen LogP contribution in [0.3, 0.4) is 0 Å². The van der Waals surface area contributed by atoms with Crippen molar-refractivity contribution in [2.24, 2.45) is 5.10 Å². The first-order valence-electron chi connectivity index (χ1n) is 11.5. The van der Waals surface area contributed by atoms with Crippen molar-refractivity contribution in [1.29, 1.82) is 0 Å². The monoisotopic (exact) mass is 507 g/mol. The Morgan fingerprint density at radius 1 is 1.14 bits per heavy atom. The van der Waals surface area contributed by atoms with E-state index in [4.69, 9.17) is 0 Å². The van der Waals surface area contributed by atoms with Gasteiger partial charge in [-0.2, -0.15) is 5.10 Å². The molecule has 3 aliphatic heterocycles. The van der Waals surface area contributed by atoms with E-state index < -0.39 is 28.3 Å². The van der Waals surface area contributed by atoms with Crippen molar-refractivity contribution in [3.63, 3.8) is 0 Å². The molecule has 3 fully saturated rings. The number of β-lactam (4-membered cyclic amide) rings is 1. The summed E-state index contributed by atoms with van der Waals surface area (Å²) in [6, 6.07) is 16.7. The van der Waals surface area contributed by atoms with Crippen LogP contribution in [0.5, 0.6) is 0 Å². The van der Waals surface area contributed by atoms with Crippen LogP contribution in [0, 0.1) is 0 Å². The molecule has 5 rings (SSSR count). The van der Waals surface area contributed by atoms with E-state index in [9.17, 15) is 24.3 Å². The minimum Gasteiger partial charge on any atom is -0.479 e. The van der Waals surface area contributed by atoms with Crippen molar-refractivity contribution in [3.8, 4) is 0 Å². The number of urea groups is 1. The highest BCUT2D eigenvalue weighted by Crippen LogP contribution is 2.50. The number of carboxylic acid groups (broad SMARTS) is 1. The molecule has 2 N–H and O–H groups in total. The second-order valence-electron chi connectivity index (χ2n) is 9.01. The fourth-order valence-electron chi connectivity index (χ4n) is 4.68. The maximum Gasteiger partial charge on any atom is 0.342 e. The SMILES string of the molecule is C[C@@H]1CN([C@]2(C(=O)O)CN3C(=O)[C@@H](NC(=O)Cc4ccccc4)[C@H]3S2)C(=O)N1/N=C/c1ccccc1. The summed E-state index contributed by atoms with van der Waals surface area (Å²) >= 11 is 1.01. The second kappa shape index (κ2) is 9.30. The maximum atomic E-state index is 13.3. The first-order valence-corrected chi connectivity index (χ1v) is 12.4. The van der Waals surface area contributed by atoms with Crippen molar-refractivity contribution < 1.29 is 24.3 Å². The average molecular weight is 508 g/mol. The van der Waals surface area contributed by atoms with E-state index in [1.54, 1.807) is 13.1 Å². The van der Waals surface area contributed by atoms with Crippen LogP contribution in [-0.4, -0.2) is 85.4 Å². The van der Waals surface area contributed by atoms with E-state index >= 15 is 0 Å². The van der Waals surface area contributed by atoms with Gasteiger partial charge in [0.15, 0.2) is 0 Å². The number of nitrogens with zero attached hydrogens (tertiary/aromatic N) is 4. The number of rotatable bonds is 7. The lowest BCUT2D eigenvalue weighted by atomic mass is 10.0. The van der Waals surface area contributed by atoms with E-state index in [1.807, 2.05) is 60.7 Å². The predicted octanol–water partition coefficient (Wildman–Crippen LogP) is 1.57. The van der Waals surface area contributed by atoms with Crippen molar-refractivity contribution in [1.82, 2.24) is 20.1 Å². The summed E-state index contributed by atoms with van der Waals surface area (Å²) in [7, 11) is 0. The maximum absolute atomic E-state index is 13.3. The minimum absolute atomic E-state index is 0.114. The Kier molecular flexibility index (Phi) is 6.17. The predicted molar refractivity (Wildman–Crippen MR) is 133 cm³/mol. The van der Waals surface area contributed by atoms with Gasteiger partial charge in [0.05, 0.1) is 25.2 Å². The number of fused-ring (bicyclic) bond motifs is 1. The molecule has 36 heavy (non-hydrogen) atoms. The third-order valence-electron chi connectivity index (χ3n) is 6.56. The van der Waals surface area contributed by atoms with Crippen LogP contribution in [0.1, 0.15) is 18.1 Å². The van der Waals surface area contributed by atoms with Crippen molar-refractivity contribution in [2.45, 2.75) is 35.7 Å². The van der Waals surface area contributed by atoms with Gasteiger partial charge in [0.25, 0.3) is 0 Å². The largest absolute Gasteiger partial charge is 0.479 e. The summed E-state index contributed by atoms with van der Waals surface area (Å²) in [5.41, 5.74) is 1.62. The van der Waals surface area contributed by atoms with Crippen molar-refractivity contribution in [3.05, 3.63) is 71.8 Å². The molecule has 11 heteroatoms. The Bertz CT molecular complexity index is 1230. The summed E-state index contributed by atoms with van der Waals surface area (Å²) < 4.78 is 0. The average Bonchev–Trinajstić information content (AvgIpc) is 3.38. The lowest BCUT2D eigenvalue weighted by Gasteiger charge is -2.41. The number of amides is 4. The van der Waals surface area contributed by atoms with Gasteiger partial charge in [0.1, 0.15) is 11.4 Å². The number of carboxylic acids is 1. The summed E-state index contributed by atoms with van der Waals surface area (Å²) in [5.74, 6) is -1.88. The zero-order valence-electron chi connectivity index (χ0n) is 19.5. The Balaban J connectivity index is 1.30. The number of thioether (sulfide) groups is 1. The quantitative estimate of drug-likeness (QED) is 0.433. The molecule has 0 saturated carbocycles. The zero-order valence-corrected chi connectivity index (χ0v) is 20.3. The van der Waals surface area contributed by atoms with E-state index in [-0.39, 0.29) is 37.4 Å². The molecule has 186 valence electrons. The fourth-order valence-corrected chi connectivity index (χ4v) is 6.30. The minimum atomic E-state index is -1.67. The molecule has 0 aromatic heterocycles. The van der Waals surface area contributed by atoms with Crippen molar-refractivity contribution >= 4 is 41.8 Å². The van der Waals surface area contributed by atoms with Crippen LogP contribution >= 0.6 is 11.8 Å². The smallest absolute Gasteiger partial charge is 0.342 e. The Morgan fingerprint density at radius 2 is 1.81 bits per heavy atom.